The summed E-state index contributed by atoms with van der Waals surface area (Å²) in [5, 5.41) is 12.8. The maximum Gasteiger partial charge on any atom is 0.231 e. The van der Waals surface area contributed by atoms with Crippen molar-refractivity contribution in [3.05, 3.63) is 29.3 Å². The van der Waals surface area contributed by atoms with Crippen LogP contribution in [-0.4, -0.2) is 41.0 Å². The van der Waals surface area contributed by atoms with Crippen molar-refractivity contribution in [1.29, 1.82) is 0 Å². The summed E-state index contributed by atoms with van der Waals surface area (Å²) in [6.07, 6.45) is 0.844. The van der Waals surface area contributed by atoms with Gasteiger partial charge in [-0.1, -0.05) is 0 Å². The number of ether oxygens (including phenoxy) is 2. The maximum absolute atomic E-state index is 9.70. The molecule has 2 aliphatic heterocycles. The quantitative estimate of drug-likeness (QED) is 0.933. The van der Waals surface area contributed by atoms with Crippen molar-refractivity contribution in [1.82, 2.24) is 9.88 Å². The van der Waals surface area contributed by atoms with E-state index in [2.05, 4.69) is 10.3 Å². The van der Waals surface area contributed by atoms with E-state index in [1.54, 1.807) is 11.3 Å². The summed E-state index contributed by atoms with van der Waals surface area (Å²) < 4.78 is 10.8. The number of hydrogen-bond acceptors (Lipinski definition) is 6. The normalized spacial score (nSPS) is 21.7. The van der Waals surface area contributed by atoms with E-state index in [0.717, 1.165) is 53.8 Å². The Labute approximate surface area is 139 Å². The number of fused-ring (bicyclic) bond motifs is 1. The first-order chi connectivity index (χ1) is 11.2. The lowest BCUT2D eigenvalue weighted by Gasteiger charge is -2.16. The van der Waals surface area contributed by atoms with Gasteiger partial charge in [-0.25, -0.2) is 4.98 Å². The summed E-state index contributed by atoms with van der Waals surface area (Å²) in [6.45, 7) is 5.02. The van der Waals surface area contributed by atoms with E-state index in [1.165, 1.54) is 0 Å². The Balaban J connectivity index is 1.45. The lowest BCUT2D eigenvalue weighted by molar-refractivity contribution is 0.127. The molecule has 3 heterocycles. The van der Waals surface area contributed by atoms with Crippen LogP contribution < -0.4 is 9.47 Å². The fourth-order valence-electron chi connectivity index (χ4n) is 3.17. The van der Waals surface area contributed by atoms with E-state index >= 15 is 0 Å². The molecule has 6 heteroatoms. The maximum atomic E-state index is 9.70. The fraction of sp³-hybridized carbons (Fsp3) is 0.471. The van der Waals surface area contributed by atoms with Crippen LogP contribution in [0.2, 0.25) is 0 Å². The number of rotatable bonds is 4. The highest BCUT2D eigenvalue weighted by atomic mass is 32.1. The number of nitrogens with zero attached hydrogens (tertiary/aromatic N) is 2. The van der Waals surface area contributed by atoms with Gasteiger partial charge in [0.05, 0.1) is 11.8 Å². The Hall–Kier alpha value is -1.63. The molecule has 122 valence electrons. The van der Waals surface area contributed by atoms with Crippen LogP contribution in [0, 0.1) is 5.92 Å². The molecule has 1 aromatic heterocycles. The van der Waals surface area contributed by atoms with Crippen LogP contribution in [0.4, 0.5) is 0 Å². The molecule has 1 saturated heterocycles. The molecule has 0 spiro atoms. The third kappa shape index (κ3) is 3.06. The van der Waals surface area contributed by atoms with Gasteiger partial charge in [0, 0.05) is 24.0 Å². The number of thiazole rings is 1. The zero-order chi connectivity index (χ0) is 15.8. The number of aromatic nitrogens is 1. The monoisotopic (exact) mass is 332 g/mol. The molecular formula is C17H20N2O3S. The molecule has 2 atom stereocenters. The zero-order valence-corrected chi connectivity index (χ0v) is 13.9. The highest BCUT2D eigenvalue weighted by Gasteiger charge is 2.26. The molecule has 0 saturated carbocycles. The lowest BCUT2D eigenvalue weighted by atomic mass is 10.0. The molecule has 0 bridgehead atoms. The summed E-state index contributed by atoms with van der Waals surface area (Å²) >= 11 is 1.66. The highest BCUT2D eigenvalue weighted by Crippen LogP contribution is 2.36. The Morgan fingerprint density at radius 1 is 1.39 bits per heavy atom. The Morgan fingerprint density at radius 2 is 2.26 bits per heavy atom. The van der Waals surface area contributed by atoms with Crippen LogP contribution in [0.3, 0.4) is 0 Å². The number of likely N-dealkylation sites (tertiary alicyclic amines) is 1. The van der Waals surface area contributed by atoms with Gasteiger partial charge in [0.25, 0.3) is 0 Å². The van der Waals surface area contributed by atoms with Crippen LogP contribution >= 0.6 is 11.3 Å². The smallest absolute Gasteiger partial charge is 0.231 e. The van der Waals surface area contributed by atoms with Gasteiger partial charge >= 0.3 is 0 Å². The molecule has 1 aromatic carbocycles. The van der Waals surface area contributed by atoms with Crippen LogP contribution in [-0.2, 0) is 6.54 Å². The summed E-state index contributed by atoms with van der Waals surface area (Å²) in [7, 11) is 0. The minimum absolute atomic E-state index is 0.223. The van der Waals surface area contributed by atoms with Crippen LogP contribution in [0.25, 0.3) is 10.6 Å². The van der Waals surface area contributed by atoms with Gasteiger partial charge < -0.3 is 14.6 Å². The van der Waals surface area contributed by atoms with Gasteiger partial charge in [0.2, 0.25) is 6.79 Å². The number of benzene rings is 1. The van der Waals surface area contributed by atoms with Gasteiger partial charge in [0.15, 0.2) is 11.5 Å². The molecular weight excluding hydrogens is 312 g/mol. The predicted molar refractivity (Wildman–Crippen MR) is 88.7 cm³/mol. The second kappa shape index (κ2) is 6.11. The third-order valence-corrected chi connectivity index (χ3v) is 5.49. The summed E-state index contributed by atoms with van der Waals surface area (Å²) in [4.78, 5) is 7.13. The molecule has 1 fully saturated rings. The van der Waals surface area contributed by atoms with E-state index in [1.807, 2.05) is 25.1 Å². The van der Waals surface area contributed by atoms with Gasteiger partial charge in [0.1, 0.15) is 5.01 Å². The molecule has 1 N–H and O–H groups in total. The molecule has 5 nitrogen and oxygen atoms in total. The third-order valence-electron chi connectivity index (χ3n) is 4.55. The Kier molecular flexibility index (Phi) is 3.97. The highest BCUT2D eigenvalue weighted by molar-refractivity contribution is 7.13. The van der Waals surface area contributed by atoms with Crippen molar-refractivity contribution in [3.63, 3.8) is 0 Å². The molecule has 2 aromatic rings. The number of aliphatic hydroxyl groups excluding tert-OH is 1. The van der Waals surface area contributed by atoms with Gasteiger partial charge in [-0.05, 0) is 44.0 Å². The Morgan fingerprint density at radius 3 is 3.09 bits per heavy atom. The summed E-state index contributed by atoms with van der Waals surface area (Å²) in [5.41, 5.74) is 2.16. The van der Waals surface area contributed by atoms with Crippen molar-refractivity contribution in [2.45, 2.75) is 26.0 Å². The Bertz CT molecular complexity index is 701. The summed E-state index contributed by atoms with van der Waals surface area (Å²) in [5.74, 6) is 1.98. The van der Waals surface area contributed by atoms with Crippen molar-refractivity contribution in [2.75, 3.05) is 19.9 Å². The molecule has 4 rings (SSSR count). The largest absolute Gasteiger partial charge is 0.454 e. The second-order valence-electron chi connectivity index (χ2n) is 6.24. The van der Waals surface area contributed by atoms with Gasteiger partial charge in [-0.2, -0.15) is 0 Å². The molecule has 0 amide bonds. The predicted octanol–water partition coefficient (Wildman–Crippen LogP) is 2.74. The first kappa shape index (κ1) is 14.9. The van der Waals surface area contributed by atoms with Crippen LogP contribution in [0.1, 0.15) is 19.0 Å². The second-order valence-corrected chi connectivity index (χ2v) is 7.09. The van der Waals surface area contributed by atoms with E-state index in [4.69, 9.17) is 14.5 Å². The first-order valence-corrected chi connectivity index (χ1v) is 8.82. The van der Waals surface area contributed by atoms with Crippen molar-refractivity contribution >= 4 is 11.3 Å². The zero-order valence-electron chi connectivity index (χ0n) is 13.1. The summed E-state index contributed by atoms with van der Waals surface area (Å²) in [6, 6.07) is 5.95. The van der Waals surface area contributed by atoms with Gasteiger partial charge in [-0.15, -0.1) is 11.3 Å². The minimum atomic E-state index is -0.223. The van der Waals surface area contributed by atoms with E-state index in [-0.39, 0.29) is 6.10 Å². The molecule has 2 unspecified atom stereocenters. The molecule has 0 aliphatic carbocycles. The van der Waals surface area contributed by atoms with Crippen LogP contribution in [0.15, 0.2) is 23.6 Å². The molecule has 0 radical (unpaired) electrons. The van der Waals surface area contributed by atoms with Gasteiger partial charge in [-0.3, -0.25) is 4.90 Å². The average molecular weight is 332 g/mol. The number of hydrogen-bond donors (Lipinski definition) is 1. The van der Waals surface area contributed by atoms with E-state index < -0.39 is 0 Å². The van der Waals surface area contributed by atoms with E-state index in [0.29, 0.717) is 12.7 Å². The SMILES string of the molecule is CC(O)C1CCN(Cc2csc(-c3ccc4c(c3)OCO4)n2)C1. The topological polar surface area (TPSA) is 54.8 Å². The first-order valence-electron chi connectivity index (χ1n) is 7.94. The minimum Gasteiger partial charge on any atom is -0.454 e. The fourth-order valence-corrected chi connectivity index (χ4v) is 3.98. The molecule has 23 heavy (non-hydrogen) atoms. The standard InChI is InChI=1S/C17H20N2O3S/c1-11(20)13-4-5-19(7-13)8-14-9-23-17(18-14)12-2-3-15-16(6-12)22-10-21-15/h2-3,6,9,11,13,20H,4-5,7-8,10H2,1H3. The molecule has 2 aliphatic rings. The van der Waals surface area contributed by atoms with Crippen molar-refractivity contribution in [2.24, 2.45) is 5.92 Å². The van der Waals surface area contributed by atoms with Crippen molar-refractivity contribution in [3.8, 4) is 22.1 Å². The lowest BCUT2D eigenvalue weighted by Crippen LogP contribution is -2.24. The average Bonchev–Trinajstić information content (AvgIpc) is 3.27. The van der Waals surface area contributed by atoms with E-state index in [9.17, 15) is 5.11 Å². The van der Waals surface area contributed by atoms with Crippen LogP contribution in [0.5, 0.6) is 11.5 Å². The number of aliphatic hydroxyl groups is 1. The van der Waals surface area contributed by atoms with Crippen molar-refractivity contribution < 1.29 is 14.6 Å².